The predicted molar refractivity (Wildman–Crippen MR) is 169 cm³/mol. The van der Waals surface area contributed by atoms with Gasteiger partial charge in [-0.15, -0.1) is 0 Å². The molecule has 48 heavy (non-hydrogen) atoms. The van der Waals surface area contributed by atoms with E-state index >= 15 is 0 Å². The Morgan fingerprint density at radius 2 is 1.50 bits per heavy atom. The van der Waals surface area contributed by atoms with Crippen LogP contribution >= 0.6 is 0 Å². The Hall–Kier alpha value is -3.64. The second kappa shape index (κ2) is 14.5. The number of aromatic hydroxyl groups is 1. The lowest BCUT2D eigenvalue weighted by Gasteiger charge is -2.36. The van der Waals surface area contributed by atoms with Gasteiger partial charge in [0.25, 0.3) is 0 Å². The molecule has 2 aromatic carbocycles. The second-order valence-corrected chi connectivity index (χ2v) is 12.8. The minimum atomic E-state index is -5.18. The van der Waals surface area contributed by atoms with Crippen LogP contribution in [0.3, 0.4) is 0 Å². The van der Waals surface area contributed by atoms with Crippen LogP contribution in [0.5, 0.6) is 5.75 Å². The van der Waals surface area contributed by atoms with Crippen molar-refractivity contribution in [2.45, 2.75) is 91.1 Å². The Balaban J connectivity index is 1.68. The normalized spacial score (nSPS) is 21.3. The number of benzene rings is 2. The SMILES string of the molecule is CCCC1=C([C@H](O)CC/C(=C/c2cc(C)c(O)c(C)c2)CCC)[C@H](CO)[C@@H]2C(=O)N(c3cc(C(F)(F)F)cc(C(F)(F)F)c3)C(=O)[C@@H]2C1. The van der Waals surface area contributed by atoms with Crippen LogP contribution in [-0.4, -0.2) is 39.8 Å². The van der Waals surface area contributed by atoms with Gasteiger partial charge in [-0.05, 0) is 98.5 Å². The Morgan fingerprint density at radius 1 is 0.917 bits per heavy atom. The van der Waals surface area contributed by atoms with E-state index in [0.29, 0.717) is 47.4 Å². The topological polar surface area (TPSA) is 98.1 Å². The molecule has 4 atom stereocenters. The second-order valence-electron chi connectivity index (χ2n) is 12.8. The number of phenols is 1. The van der Waals surface area contributed by atoms with Gasteiger partial charge in [0.2, 0.25) is 11.8 Å². The Kier molecular flexibility index (Phi) is 11.2. The summed E-state index contributed by atoms with van der Waals surface area (Å²) in [5.41, 5.74) is 0.251. The van der Waals surface area contributed by atoms with Crippen LogP contribution in [-0.2, 0) is 21.9 Å². The van der Waals surface area contributed by atoms with Crippen LogP contribution in [0.15, 0.2) is 47.1 Å². The summed E-state index contributed by atoms with van der Waals surface area (Å²) in [7, 11) is 0. The molecule has 0 aromatic heterocycles. The lowest BCUT2D eigenvalue weighted by Crippen LogP contribution is -2.39. The fourth-order valence-electron chi connectivity index (χ4n) is 7.20. The molecule has 0 spiro atoms. The third-order valence-corrected chi connectivity index (χ3v) is 9.32. The number of aliphatic hydroxyl groups excluding tert-OH is 2. The molecule has 4 rings (SSSR count). The molecule has 1 fully saturated rings. The zero-order valence-corrected chi connectivity index (χ0v) is 27.3. The highest BCUT2D eigenvalue weighted by atomic mass is 19.4. The molecule has 262 valence electrons. The predicted octanol–water partition coefficient (Wildman–Crippen LogP) is 8.29. The third-order valence-electron chi connectivity index (χ3n) is 9.32. The zero-order chi connectivity index (χ0) is 35.7. The summed E-state index contributed by atoms with van der Waals surface area (Å²) in [6.07, 6.45) is -6.29. The number of hydrogen-bond acceptors (Lipinski definition) is 5. The summed E-state index contributed by atoms with van der Waals surface area (Å²) in [6, 6.07) is 4.35. The molecule has 1 aliphatic heterocycles. The third kappa shape index (κ3) is 7.64. The number of amides is 2. The minimum Gasteiger partial charge on any atom is -0.507 e. The number of rotatable bonds is 11. The molecular weight excluding hydrogens is 640 g/mol. The molecule has 0 radical (unpaired) electrons. The Morgan fingerprint density at radius 3 is 2.00 bits per heavy atom. The lowest BCUT2D eigenvalue weighted by molar-refractivity contribution is -0.143. The molecule has 2 amide bonds. The van der Waals surface area contributed by atoms with Crippen molar-refractivity contribution in [3.05, 3.63) is 74.9 Å². The smallest absolute Gasteiger partial charge is 0.416 e. The minimum absolute atomic E-state index is 0.0166. The highest BCUT2D eigenvalue weighted by Crippen LogP contribution is 2.49. The summed E-state index contributed by atoms with van der Waals surface area (Å²) in [5, 5.41) is 32.3. The van der Waals surface area contributed by atoms with Gasteiger partial charge in [-0.2, -0.15) is 26.3 Å². The molecule has 2 aliphatic rings. The van der Waals surface area contributed by atoms with Gasteiger partial charge < -0.3 is 15.3 Å². The van der Waals surface area contributed by atoms with Gasteiger partial charge in [-0.3, -0.25) is 9.59 Å². The Bertz CT molecular complexity index is 1550. The molecule has 1 aliphatic carbocycles. The van der Waals surface area contributed by atoms with E-state index < -0.39 is 71.4 Å². The van der Waals surface area contributed by atoms with Crippen LogP contribution in [0.1, 0.15) is 86.6 Å². The average molecular weight is 682 g/mol. The first-order chi connectivity index (χ1) is 22.4. The quantitative estimate of drug-likeness (QED) is 0.126. The zero-order valence-electron chi connectivity index (χ0n) is 27.3. The molecule has 6 nitrogen and oxygen atoms in total. The first-order valence-corrected chi connectivity index (χ1v) is 16.1. The number of nitrogens with zero attached hydrogens (tertiary/aromatic N) is 1. The number of aryl methyl sites for hydroxylation is 2. The maximum Gasteiger partial charge on any atom is 0.416 e. The van der Waals surface area contributed by atoms with Crippen LogP contribution in [0.2, 0.25) is 0 Å². The van der Waals surface area contributed by atoms with Gasteiger partial charge in [-0.25, -0.2) is 4.90 Å². The van der Waals surface area contributed by atoms with E-state index in [-0.39, 0.29) is 24.7 Å². The van der Waals surface area contributed by atoms with Crippen LogP contribution in [0, 0.1) is 31.6 Å². The number of carbonyl (C=O) groups excluding carboxylic acids is 2. The van der Waals surface area contributed by atoms with Crippen molar-refractivity contribution in [1.82, 2.24) is 0 Å². The first-order valence-electron chi connectivity index (χ1n) is 16.1. The number of aliphatic hydroxyl groups is 2. The summed E-state index contributed by atoms with van der Waals surface area (Å²) in [5.74, 6) is -5.19. The molecule has 0 saturated carbocycles. The molecule has 0 bridgehead atoms. The molecule has 1 heterocycles. The standard InChI is InChI=1S/C36H41F6NO5/c1-5-7-21(13-22-11-19(3)32(46)20(4)12-22)9-10-29(45)30-23(8-6-2)14-27-31(28(30)18-44)34(48)43(33(27)47)26-16-24(35(37,38)39)15-25(17-26)36(40,41)42/h11-13,15-17,27-29,31,44-46H,5-10,14,18H2,1-4H3/b21-13+/t27-,28+,29-,31-/m1/s1. The van der Waals surface area contributed by atoms with E-state index in [9.17, 15) is 51.3 Å². The van der Waals surface area contributed by atoms with Crippen molar-refractivity contribution in [2.24, 2.45) is 17.8 Å². The van der Waals surface area contributed by atoms with E-state index in [1.807, 2.05) is 32.1 Å². The number of halogens is 6. The molecule has 12 heteroatoms. The van der Waals surface area contributed by atoms with Crippen molar-refractivity contribution in [3.8, 4) is 5.75 Å². The summed E-state index contributed by atoms with van der Waals surface area (Å²) >= 11 is 0. The lowest BCUT2D eigenvalue weighted by atomic mass is 9.67. The van der Waals surface area contributed by atoms with Crippen LogP contribution < -0.4 is 4.90 Å². The number of allylic oxidation sites excluding steroid dienone is 2. The van der Waals surface area contributed by atoms with Crippen molar-refractivity contribution < 1.29 is 51.3 Å². The number of alkyl halides is 6. The van der Waals surface area contributed by atoms with Crippen molar-refractivity contribution in [1.29, 1.82) is 0 Å². The molecule has 1 saturated heterocycles. The fraction of sp³-hybridized carbons (Fsp3) is 0.500. The number of anilines is 1. The first kappa shape index (κ1) is 37.2. The highest BCUT2D eigenvalue weighted by molar-refractivity contribution is 6.22. The molecule has 2 aromatic rings. The highest BCUT2D eigenvalue weighted by Gasteiger charge is 2.55. The summed E-state index contributed by atoms with van der Waals surface area (Å²) in [6.45, 7) is 6.83. The number of phenolic OH excluding ortho intramolecular Hbond substituents is 1. The van der Waals surface area contributed by atoms with Gasteiger partial charge >= 0.3 is 12.4 Å². The van der Waals surface area contributed by atoms with E-state index in [2.05, 4.69) is 0 Å². The van der Waals surface area contributed by atoms with E-state index in [0.717, 1.165) is 35.1 Å². The monoisotopic (exact) mass is 681 g/mol. The van der Waals surface area contributed by atoms with E-state index in [1.54, 1.807) is 13.8 Å². The molecular formula is C36H41F6NO5. The average Bonchev–Trinajstić information content (AvgIpc) is 3.25. The number of carbonyl (C=O) groups is 2. The number of hydrogen-bond donors (Lipinski definition) is 3. The van der Waals surface area contributed by atoms with Crippen molar-refractivity contribution >= 4 is 23.6 Å². The van der Waals surface area contributed by atoms with Gasteiger partial charge in [0, 0.05) is 5.92 Å². The van der Waals surface area contributed by atoms with Crippen LogP contribution in [0.4, 0.5) is 32.0 Å². The number of fused-ring (bicyclic) bond motifs is 1. The largest absolute Gasteiger partial charge is 0.507 e. The van der Waals surface area contributed by atoms with Gasteiger partial charge in [-0.1, -0.05) is 43.9 Å². The van der Waals surface area contributed by atoms with E-state index in [1.165, 1.54) is 0 Å². The summed E-state index contributed by atoms with van der Waals surface area (Å²) in [4.78, 5) is 27.8. The van der Waals surface area contributed by atoms with Crippen molar-refractivity contribution in [2.75, 3.05) is 11.5 Å². The van der Waals surface area contributed by atoms with Gasteiger partial charge in [0.15, 0.2) is 0 Å². The van der Waals surface area contributed by atoms with Gasteiger partial charge in [0.1, 0.15) is 5.75 Å². The van der Waals surface area contributed by atoms with E-state index in [4.69, 9.17) is 0 Å². The Labute approximate surface area is 275 Å². The molecule has 3 N–H and O–H groups in total. The maximum atomic E-state index is 13.8. The van der Waals surface area contributed by atoms with Gasteiger partial charge in [0.05, 0.1) is 41.4 Å². The number of imide groups is 1. The van der Waals surface area contributed by atoms with Crippen molar-refractivity contribution in [3.63, 3.8) is 0 Å². The fourth-order valence-corrected chi connectivity index (χ4v) is 7.20. The molecule has 0 unspecified atom stereocenters. The maximum absolute atomic E-state index is 13.8. The summed E-state index contributed by atoms with van der Waals surface area (Å²) < 4.78 is 81.7. The van der Waals surface area contributed by atoms with Crippen LogP contribution in [0.25, 0.3) is 6.08 Å².